The van der Waals surface area contributed by atoms with Crippen molar-refractivity contribution in [3.05, 3.63) is 64.2 Å². The number of nitrogens with one attached hydrogen (secondary N) is 1. The molecule has 0 radical (unpaired) electrons. The Morgan fingerprint density at radius 1 is 1.22 bits per heavy atom. The van der Waals surface area contributed by atoms with E-state index in [1.807, 2.05) is 0 Å². The average molecular weight is 370 g/mol. The summed E-state index contributed by atoms with van der Waals surface area (Å²) in [5.41, 5.74) is 0.0443. The molecule has 0 aliphatic heterocycles. The van der Waals surface area contributed by atoms with Gasteiger partial charge in [0.25, 0.3) is 5.56 Å². The third kappa shape index (κ3) is 3.97. The second-order valence-corrected chi connectivity index (χ2v) is 5.62. The molecule has 0 fully saturated rings. The van der Waals surface area contributed by atoms with Gasteiger partial charge in [-0.3, -0.25) is 9.59 Å². The average Bonchev–Trinajstić information content (AvgIpc) is 2.68. The van der Waals surface area contributed by atoms with E-state index < -0.39 is 17.7 Å². The molecule has 0 aliphatic rings. The first-order chi connectivity index (χ1) is 13.0. The van der Waals surface area contributed by atoms with E-state index in [9.17, 15) is 18.8 Å². The summed E-state index contributed by atoms with van der Waals surface area (Å²) < 4.78 is 19.5. The van der Waals surface area contributed by atoms with E-state index in [-0.39, 0.29) is 29.8 Å². The molecule has 3 rings (SSSR count). The van der Waals surface area contributed by atoms with Crippen LogP contribution in [0.5, 0.6) is 0 Å². The number of aryl methyl sites for hydroxylation is 1. The molecule has 0 unspecified atom stereocenters. The minimum Gasteiger partial charge on any atom is -0.465 e. The van der Waals surface area contributed by atoms with E-state index in [2.05, 4.69) is 20.4 Å². The van der Waals surface area contributed by atoms with Crippen LogP contribution in [0.15, 0.2) is 47.3 Å². The number of fused-ring (bicyclic) bond motifs is 1. The Labute approximate surface area is 152 Å². The summed E-state index contributed by atoms with van der Waals surface area (Å²) >= 11 is 0. The quantitative estimate of drug-likeness (QED) is 0.686. The molecule has 1 N–H and O–H groups in total. The number of carbonyl (C=O) groups excluding carboxylic acids is 2. The van der Waals surface area contributed by atoms with Crippen LogP contribution in [-0.2, 0) is 16.1 Å². The van der Waals surface area contributed by atoms with Crippen molar-refractivity contribution in [3.8, 4) is 0 Å². The Hall–Kier alpha value is -3.62. The maximum absolute atomic E-state index is 13.9. The van der Waals surface area contributed by atoms with Gasteiger partial charge in [0, 0.05) is 6.42 Å². The molecule has 1 amide bonds. The van der Waals surface area contributed by atoms with Crippen molar-refractivity contribution in [2.45, 2.75) is 13.0 Å². The summed E-state index contributed by atoms with van der Waals surface area (Å²) in [4.78, 5) is 35.9. The number of ether oxygens (including phenoxy) is 1. The van der Waals surface area contributed by atoms with Crippen LogP contribution in [0.3, 0.4) is 0 Å². The van der Waals surface area contributed by atoms with Crippen molar-refractivity contribution >= 4 is 28.5 Å². The van der Waals surface area contributed by atoms with Crippen molar-refractivity contribution in [1.82, 2.24) is 15.0 Å². The highest BCUT2D eigenvalue weighted by molar-refractivity contribution is 5.94. The summed E-state index contributed by atoms with van der Waals surface area (Å²) in [5.74, 6) is -1.89. The van der Waals surface area contributed by atoms with Crippen molar-refractivity contribution in [2.75, 3.05) is 12.4 Å². The van der Waals surface area contributed by atoms with Gasteiger partial charge in [-0.1, -0.05) is 17.3 Å². The van der Waals surface area contributed by atoms with E-state index in [4.69, 9.17) is 0 Å². The highest BCUT2D eigenvalue weighted by atomic mass is 19.1. The third-order valence-electron chi connectivity index (χ3n) is 3.84. The van der Waals surface area contributed by atoms with Crippen LogP contribution in [-0.4, -0.2) is 34.0 Å². The van der Waals surface area contributed by atoms with E-state index >= 15 is 0 Å². The molecule has 3 aromatic rings. The Morgan fingerprint density at radius 2 is 2.00 bits per heavy atom. The molecule has 27 heavy (non-hydrogen) atoms. The van der Waals surface area contributed by atoms with Gasteiger partial charge < -0.3 is 10.1 Å². The van der Waals surface area contributed by atoms with Crippen LogP contribution in [0.2, 0.25) is 0 Å². The zero-order valence-corrected chi connectivity index (χ0v) is 14.3. The molecule has 0 atom stereocenters. The van der Waals surface area contributed by atoms with Crippen molar-refractivity contribution in [2.24, 2.45) is 0 Å². The SMILES string of the molecule is COC(=O)c1ccc(F)c(NC(=O)CCn2nnc3ccccc3c2=O)c1. The summed E-state index contributed by atoms with van der Waals surface area (Å²) in [5, 5.41) is 10.5. The number of benzene rings is 2. The smallest absolute Gasteiger partial charge is 0.337 e. The lowest BCUT2D eigenvalue weighted by molar-refractivity contribution is -0.116. The zero-order valence-electron chi connectivity index (χ0n) is 14.3. The van der Waals surface area contributed by atoms with Crippen LogP contribution in [0.25, 0.3) is 10.9 Å². The molecular weight excluding hydrogens is 355 g/mol. The molecule has 8 nitrogen and oxygen atoms in total. The summed E-state index contributed by atoms with van der Waals surface area (Å²) in [6.07, 6.45) is -0.130. The van der Waals surface area contributed by atoms with Gasteiger partial charge in [-0.15, -0.1) is 5.10 Å². The molecule has 9 heteroatoms. The van der Waals surface area contributed by atoms with Gasteiger partial charge >= 0.3 is 5.97 Å². The molecule has 1 heterocycles. The first kappa shape index (κ1) is 18.2. The Bertz CT molecular complexity index is 1080. The fourth-order valence-electron chi connectivity index (χ4n) is 2.46. The van der Waals surface area contributed by atoms with Gasteiger partial charge in [-0.2, -0.15) is 0 Å². The lowest BCUT2D eigenvalue weighted by Gasteiger charge is -2.09. The number of rotatable bonds is 5. The van der Waals surface area contributed by atoms with Gasteiger partial charge in [0.05, 0.1) is 30.3 Å². The molecule has 0 aliphatic carbocycles. The van der Waals surface area contributed by atoms with Crippen LogP contribution in [0.4, 0.5) is 10.1 Å². The number of esters is 1. The van der Waals surface area contributed by atoms with E-state index in [1.54, 1.807) is 24.3 Å². The van der Waals surface area contributed by atoms with Crippen molar-refractivity contribution in [3.63, 3.8) is 0 Å². The number of hydrogen-bond donors (Lipinski definition) is 1. The van der Waals surface area contributed by atoms with Crippen LogP contribution < -0.4 is 10.9 Å². The topological polar surface area (TPSA) is 103 Å². The number of methoxy groups -OCH3 is 1. The lowest BCUT2D eigenvalue weighted by atomic mass is 10.2. The van der Waals surface area contributed by atoms with Gasteiger partial charge in [0.15, 0.2) is 0 Å². The molecular formula is C18H15FN4O4. The van der Waals surface area contributed by atoms with Crippen LogP contribution in [0, 0.1) is 5.82 Å². The predicted octanol–water partition coefficient (Wildman–Crippen LogP) is 1.75. The second-order valence-electron chi connectivity index (χ2n) is 5.62. The molecule has 138 valence electrons. The minimum atomic E-state index is -0.696. The number of halogens is 1. The Kier molecular flexibility index (Phi) is 5.20. The third-order valence-corrected chi connectivity index (χ3v) is 3.84. The van der Waals surface area contributed by atoms with E-state index in [0.29, 0.717) is 10.9 Å². The van der Waals surface area contributed by atoms with Crippen molar-refractivity contribution < 1.29 is 18.7 Å². The molecule has 0 saturated heterocycles. The number of aromatic nitrogens is 3. The lowest BCUT2D eigenvalue weighted by Crippen LogP contribution is -2.26. The zero-order chi connectivity index (χ0) is 19.4. The van der Waals surface area contributed by atoms with Gasteiger partial charge in [-0.25, -0.2) is 13.9 Å². The maximum Gasteiger partial charge on any atom is 0.337 e. The van der Waals surface area contributed by atoms with Gasteiger partial charge in [0.2, 0.25) is 5.91 Å². The second kappa shape index (κ2) is 7.73. The number of amides is 1. The van der Waals surface area contributed by atoms with Gasteiger partial charge in [-0.05, 0) is 30.3 Å². The van der Waals surface area contributed by atoms with Crippen LogP contribution >= 0.6 is 0 Å². The molecule has 0 saturated carbocycles. The Balaban J connectivity index is 1.71. The number of anilines is 1. The number of carbonyl (C=O) groups is 2. The highest BCUT2D eigenvalue weighted by Crippen LogP contribution is 2.17. The molecule has 0 bridgehead atoms. The highest BCUT2D eigenvalue weighted by Gasteiger charge is 2.13. The van der Waals surface area contributed by atoms with E-state index in [0.717, 1.165) is 10.7 Å². The maximum atomic E-state index is 13.9. The number of hydrogen-bond acceptors (Lipinski definition) is 6. The largest absolute Gasteiger partial charge is 0.465 e. The summed E-state index contributed by atoms with van der Waals surface area (Å²) in [6, 6.07) is 10.2. The number of nitrogens with zero attached hydrogens (tertiary/aromatic N) is 3. The first-order valence-corrected chi connectivity index (χ1v) is 8.00. The first-order valence-electron chi connectivity index (χ1n) is 8.00. The van der Waals surface area contributed by atoms with E-state index in [1.165, 1.54) is 19.2 Å². The normalized spacial score (nSPS) is 10.6. The molecule has 1 aromatic heterocycles. The Morgan fingerprint density at radius 3 is 2.78 bits per heavy atom. The predicted molar refractivity (Wildman–Crippen MR) is 94.8 cm³/mol. The molecule has 0 spiro atoms. The fraction of sp³-hybridized carbons (Fsp3) is 0.167. The van der Waals surface area contributed by atoms with Crippen LogP contribution in [0.1, 0.15) is 16.8 Å². The summed E-state index contributed by atoms with van der Waals surface area (Å²) in [7, 11) is 1.20. The molecule has 2 aromatic carbocycles. The fourth-order valence-corrected chi connectivity index (χ4v) is 2.46. The standard InChI is InChI=1S/C18H15FN4O4/c1-27-18(26)11-6-7-13(19)15(10-11)20-16(24)8-9-23-17(25)12-4-2-3-5-14(12)21-22-23/h2-7,10H,8-9H2,1H3,(H,20,24). The monoisotopic (exact) mass is 370 g/mol. The minimum absolute atomic E-state index is 0.0270. The van der Waals surface area contributed by atoms with Gasteiger partial charge in [0.1, 0.15) is 11.3 Å². The van der Waals surface area contributed by atoms with Crippen molar-refractivity contribution in [1.29, 1.82) is 0 Å². The summed E-state index contributed by atoms with van der Waals surface area (Å²) in [6.45, 7) is -0.0270.